The molecule has 1 aromatic carbocycles. The van der Waals surface area contributed by atoms with Crippen molar-refractivity contribution >= 4 is 17.6 Å². The lowest BCUT2D eigenvalue weighted by Crippen LogP contribution is -2.32. The van der Waals surface area contributed by atoms with E-state index in [-0.39, 0.29) is 23.5 Å². The monoisotopic (exact) mass is 408 g/mol. The zero-order valence-electron chi connectivity index (χ0n) is 16.7. The SMILES string of the molecule is CCCNC(=O)n1nc(-c2cc(NC(=O)c3ccco3)ccc2O)cc1C1CCC1. The van der Waals surface area contributed by atoms with Gasteiger partial charge >= 0.3 is 6.03 Å². The highest BCUT2D eigenvalue weighted by Gasteiger charge is 2.27. The molecule has 0 atom stereocenters. The first-order chi connectivity index (χ1) is 14.6. The normalized spacial score (nSPS) is 13.6. The summed E-state index contributed by atoms with van der Waals surface area (Å²) >= 11 is 0. The van der Waals surface area contributed by atoms with E-state index in [0.29, 0.717) is 23.5 Å². The Bertz CT molecular complexity index is 1050. The number of hydrogen-bond donors (Lipinski definition) is 3. The Morgan fingerprint density at radius 1 is 1.27 bits per heavy atom. The number of hydrogen-bond acceptors (Lipinski definition) is 5. The molecule has 0 bridgehead atoms. The first-order valence-corrected chi connectivity index (χ1v) is 10.1. The fourth-order valence-corrected chi connectivity index (χ4v) is 3.41. The summed E-state index contributed by atoms with van der Waals surface area (Å²) in [7, 11) is 0. The van der Waals surface area contributed by atoms with Gasteiger partial charge in [0.2, 0.25) is 0 Å². The van der Waals surface area contributed by atoms with Crippen LogP contribution in [-0.4, -0.2) is 33.4 Å². The number of phenolic OH excluding ortho intramolecular Hbond substituents is 1. The minimum absolute atomic E-state index is 0.0183. The molecule has 3 aromatic rings. The topological polar surface area (TPSA) is 109 Å². The molecular weight excluding hydrogens is 384 g/mol. The van der Waals surface area contributed by atoms with Gasteiger partial charge < -0.3 is 20.2 Å². The average molecular weight is 408 g/mol. The maximum absolute atomic E-state index is 12.6. The molecule has 156 valence electrons. The van der Waals surface area contributed by atoms with E-state index >= 15 is 0 Å². The molecule has 2 aromatic heterocycles. The van der Waals surface area contributed by atoms with Crippen LogP contribution in [0, 0.1) is 0 Å². The molecule has 8 heteroatoms. The van der Waals surface area contributed by atoms with Crippen LogP contribution in [0.1, 0.15) is 54.8 Å². The van der Waals surface area contributed by atoms with Gasteiger partial charge in [0.25, 0.3) is 5.91 Å². The fraction of sp³-hybridized carbons (Fsp3) is 0.318. The van der Waals surface area contributed by atoms with Gasteiger partial charge in [-0.1, -0.05) is 13.3 Å². The van der Waals surface area contributed by atoms with Crippen LogP contribution < -0.4 is 10.6 Å². The van der Waals surface area contributed by atoms with Gasteiger partial charge in [0.1, 0.15) is 5.75 Å². The van der Waals surface area contributed by atoms with Crippen LogP contribution in [0.3, 0.4) is 0 Å². The van der Waals surface area contributed by atoms with Gasteiger partial charge in [-0.3, -0.25) is 4.79 Å². The third-order valence-corrected chi connectivity index (χ3v) is 5.25. The van der Waals surface area contributed by atoms with Crippen molar-refractivity contribution in [2.45, 2.75) is 38.5 Å². The minimum atomic E-state index is -0.392. The number of aromatic nitrogens is 2. The zero-order chi connectivity index (χ0) is 21.1. The van der Waals surface area contributed by atoms with E-state index in [1.54, 1.807) is 24.3 Å². The molecule has 1 saturated carbocycles. The molecule has 0 saturated heterocycles. The molecule has 0 radical (unpaired) electrons. The van der Waals surface area contributed by atoms with Crippen molar-refractivity contribution in [3.8, 4) is 17.0 Å². The van der Waals surface area contributed by atoms with Crippen molar-refractivity contribution in [3.63, 3.8) is 0 Å². The molecule has 2 amide bonds. The molecule has 0 spiro atoms. The van der Waals surface area contributed by atoms with E-state index in [9.17, 15) is 14.7 Å². The lowest BCUT2D eigenvalue weighted by Gasteiger charge is -2.25. The number of anilines is 1. The van der Waals surface area contributed by atoms with E-state index < -0.39 is 5.91 Å². The molecule has 1 aliphatic rings. The standard InChI is InChI=1S/C22H24N4O4/c1-2-10-23-22(29)26-18(14-5-3-6-14)13-17(25-26)16-12-15(8-9-19(16)27)24-21(28)20-7-4-11-30-20/h4,7-9,11-14,27H,2-3,5-6,10H2,1H3,(H,23,29)(H,24,28). The summed E-state index contributed by atoms with van der Waals surface area (Å²) in [5.74, 6) is 0.0948. The number of furan rings is 1. The number of phenols is 1. The number of nitrogens with one attached hydrogen (secondary N) is 2. The fourth-order valence-electron chi connectivity index (χ4n) is 3.41. The molecule has 2 heterocycles. The van der Waals surface area contributed by atoms with Crippen LogP contribution in [0.15, 0.2) is 47.1 Å². The second kappa shape index (κ2) is 8.44. The number of carbonyl (C=O) groups excluding carboxylic acids is 2. The minimum Gasteiger partial charge on any atom is -0.507 e. The number of carbonyl (C=O) groups is 2. The third-order valence-electron chi connectivity index (χ3n) is 5.25. The summed E-state index contributed by atoms with van der Waals surface area (Å²) in [4.78, 5) is 24.9. The summed E-state index contributed by atoms with van der Waals surface area (Å²) < 4.78 is 6.51. The Labute approximate surface area is 173 Å². The Morgan fingerprint density at radius 2 is 2.10 bits per heavy atom. The van der Waals surface area contributed by atoms with Gasteiger partial charge in [-0.05, 0) is 55.7 Å². The van der Waals surface area contributed by atoms with Crippen LogP contribution in [0.4, 0.5) is 10.5 Å². The quantitative estimate of drug-likeness (QED) is 0.526. The van der Waals surface area contributed by atoms with Gasteiger partial charge in [0.05, 0.1) is 17.7 Å². The molecule has 30 heavy (non-hydrogen) atoms. The molecule has 0 aliphatic heterocycles. The zero-order valence-corrected chi connectivity index (χ0v) is 16.7. The first-order valence-electron chi connectivity index (χ1n) is 10.1. The molecule has 3 N–H and O–H groups in total. The smallest absolute Gasteiger partial charge is 0.342 e. The van der Waals surface area contributed by atoms with Crippen molar-refractivity contribution in [3.05, 3.63) is 54.1 Å². The summed E-state index contributed by atoms with van der Waals surface area (Å²) in [6, 6.07) is 9.50. The molecule has 8 nitrogen and oxygen atoms in total. The van der Waals surface area contributed by atoms with Crippen molar-refractivity contribution in [1.29, 1.82) is 0 Å². The van der Waals surface area contributed by atoms with Crippen LogP contribution in [0.25, 0.3) is 11.3 Å². The lowest BCUT2D eigenvalue weighted by molar-refractivity contribution is 0.0996. The predicted molar refractivity (Wildman–Crippen MR) is 112 cm³/mol. The predicted octanol–water partition coefficient (Wildman–Crippen LogP) is 4.34. The van der Waals surface area contributed by atoms with Gasteiger partial charge in [-0.25, -0.2) is 4.79 Å². The van der Waals surface area contributed by atoms with Crippen molar-refractivity contribution in [2.75, 3.05) is 11.9 Å². The lowest BCUT2D eigenvalue weighted by atomic mass is 9.82. The highest BCUT2D eigenvalue weighted by molar-refractivity contribution is 6.02. The van der Waals surface area contributed by atoms with E-state index in [4.69, 9.17) is 4.42 Å². The summed E-state index contributed by atoms with van der Waals surface area (Å²) in [6.07, 6.45) is 5.41. The molecular formula is C22H24N4O4. The Morgan fingerprint density at radius 3 is 2.77 bits per heavy atom. The second-order valence-corrected chi connectivity index (χ2v) is 7.39. The van der Waals surface area contributed by atoms with Crippen molar-refractivity contribution in [1.82, 2.24) is 15.1 Å². The molecule has 1 fully saturated rings. The van der Waals surface area contributed by atoms with E-state index in [0.717, 1.165) is 31.4 Å². The molecule has 0 unspecified atom stereocenters. The molecule has 4 rings (SSSR count). The average Bonchev–Trinajstić information content (AvgIpc) is 3.37. The van der Waals surface area contributed by atoms with Gasteiger partial charge in [0.15, 0.2) is 5.76 Å². The van der Waals surface area contributed by atoms with E-state index in [2.05, 4.69) is 15.7 Å². The largest absolute Gasteiger partial charge is 0.507 e. The maximum atomic E-state index is 12.6. The Balaban J connectivity index is 1.65. The van der Waals surface area contributed by atoms with Gasteiger partial charge in [-0.15, -0.1) is 0 Å². The second-order valence-electron chi connectivity index (χ2n) is 7.39. The highest BCUT2D eigenvalue weighted by atomic mass is 16.3. The van der Waals surface area contributed by atoms with Gasteiger partial charge in [0, 0.05) is 23.7 Å². The number of amides is 2. The molecule has 1 aliphatic carbocycles. The van der Waals surface area contributed by atoms with Crippen LogP contribution in [0.2, 0.25) is 0 Å². The summed E-state index contributed by atoms with van der Waals surface area (Å²) in [6.45, 7) is 2.56. The number of aromatic hydroxyl groups is 1. The van der Waals surface area contributed by atoms with E-state index in [1.807, 2.05) is 13.0 Å². The Hall–Kier alpha value is -3.55. The van der Waals surface area contributed by atoms with Crippen LogP contribution in [-0.2, 0) is 0 Å². The van der Waals surface area contributed by atoms with Crippen molar-refractivity contribution in [2.24, 2.45) is 0 Å². The Kier molecular flexibility index (Phi) is 5.56. The highest BCUT2D eigenvalue weighted by Crippen LogP contribution is 2.39. The third kappa shape index (κ3) is 3.94. The van der Waals surface area contributed by atoms with E-state index in [1.165, 1.54) is 17.0 Å². The summed E-state index contributed by atoms with van der Waals surface area (Å²) in [5.41, 5.74) is 2.25. The first kappa shape index (κ1) is 19.8. The van der Waals surface area contributed by atoms with Gasteiger partial charge in [-0.2, -0.15) is 9.78 Å². The number of rotatable bonds is 6. The number of benzene rings is 1. The summed E-state index contributed by atoms with van der Waals surface area (Å²) in [5, 5.41) is 20.5. The number of nitrogens with zero attached hydrogens (tertiary/aromatic N) is 2. The van der Waals surface area contributed by atoms with Crippen LogP contribution in [0.5, 0.6) is 5.75 Å². The van der Waals surface area contributed by atoms with Crippen LogP contribution >= 0.6 is 0 Å². The van der Waals surface area contributed by atoms with Crippen molar-refractivity contribution < 1.29 is 19.1 Å². The maximum Gasteiger partial charge on any atom is 0.342 e.